The molecule has 7 heteroatoms. The molecule has 5 nitrogen and oxygen atoms in total. The second-order valence-electron chi connectivity index (χ2n) is 7.44. The molecule has 0 aliphatic carbocycles. The molecule has 0 radical (unpaired) electrons. The Morgan fingerprint density at radius 1 is 0.733 bits per heavy atom. The van der Waals surface area contributed by atoms with E-state index in [2.05, 4.69) is 4.72 Å². The molecule has 0 aliphatic rings. The van der Waals surface area contributed by atoms with Gasteiger partial charge in [-0.1, -0.05) is 54.6 Å². The SMILES string of the molecule is CS(=O)(=O)Nc1ccc2ccccc2c1Cc1cc(S(C)(=O)=O)cc2ccccc12. The number of anilines is 1. The van der Waals surface area contributed by atoms with Crippen molar-refractivity contribution in [1.82, 2.24) is 0 Å². The molecule has 4 rings (SSSR count). The highest BCUT2D eigenvalue weighted by Gasteiger charge is 2.16. The summed E-state index contributed by atoms with van der Waals surface area (Å²) in [6, 6.07) is 22.3. The maximum absolute atomic E-state index is 12.3. The van der Waals surface area contributed by atoms with Gasteiger partial charge in [-0.2, -0.15) is 0 Å². The lowest BCUT2D eigenvalue weighted by atomic mass is 9.94. The maximum Gasteiger partial charge on any atom is 0.229 e. The minimum absolute atomic E-state index is 0.244. The lowest BCUT2D eigenvalue weighted by Crippen LogP contribution is -2.12. The van der Waals surface area contributed by atoms with Crippen LogP contribution in [0.4, 0.5) is 5.69 Å². The Labute approximate surface area is 176 Å². The summed E-state index contributed by atoms with van der Waals surface area (Å²) in [5.74, 6) is 0. The average Bonchev–Trinajstić information content (AvgIpc) is 2.68. The van der Waals surface area contributed by atoms with E-state index in [4.69, 9.17) is 0 Å². The highest BCUT2D eigenvalue weighted by molar-refractivity contribution is 7.92. The molecule has 0 atom stereocenters. The number of rotatable bonds is 5. The Balaban J connectivity index is 1.99. The van der Waals surface area contributed by atoms with Gasteiger partial charge in [-0.05, 0) is 50.9 Å². The van der Waals surface area contributed by atoms with Gasteiger partial charge >= 0.3 is 0 Å². The van der Waals surface area contributed by atoms with Crippen LogP contribution in [0.2, 0.25) is 0 Å². The van der Waals surface area contributed by atoms with Crippen LogP contribution in [0.5, 0.6) is 0 Å². The minimum atomic E-state index is -3.48. The van der Waals surface area contributed by atoms with Crippen molar-refractivity contribution in [2.45, 2.75) is 11.3 Å². The Morgan fingerprint density at radius 3 is 2.03 bits per heavy atom. The topological polar surface area (TPSA) is 80.3 Å². The van der Waals surface area contributed by atoms with Gasteiger partial charge in [0.15, 0.2) is 9.84 Å². The molecule has 0 spiro atoms. The van der Waals surface area contributed by atoms with Gasteiger partial charge in [-0.15, -0.1) is 0 Å². The number of fused-ring (bicyclic) bond motifs is 2. The van der Waals surface area contributed by atoms with Crippen LogP contribution in [0.15, 0.2) is 77.7 Å². The van der Waals surface area contributed by atoms with Crippen molar-refractivity contribution in [1.29, 1.82) is 0 Å². The van der Waals surface area contributed by atoms with E-state index in [1.807, 2.05) is 54.6 Å². The summed E-state index contributed by atoms with van der Waals surface area (Å²) in [5, 5.41) is 3.66. The van der Waals surface area contributed by atoms with Crippen molar-refractivity contribution in [2.24, 2.45) is 0 Å². The van der Waals surface area contributed by atoms with E-state index >= 15 is 0 Å². The number of hydrogen-bond donors (Lipinski definition) is 1. The first kappa shape index (κ1) is 20.4. The summed E-state index contributed by atoms with van der Waals surface area (Å²) >= 11 is 0. The molecular formula is C23H21NO4S2. The van der Waals surface area contributed by atoms with Crippen LogP contribution in [-0.4, -0.2) is 29.3 Å². The summed E-state index contributed by atoms with van der Waals surface area (Å²) in [6.07, 6.45) is 2.68. The normalized spacial score (nSPS) is 12.3. The molecule has 1 N–H and O–H groups in total. The van der Waals surface area contributed by atoms with Gasteiger partial charge < -0.3 is 0 Å². The van der Waals surface area contributed by atoms with E-state index < -0.39 is 19.9 Å². The Kier molecular flexibility index (Phi) is 5.03. The molecule has 30 heavy (non-hydrogen) atoms. The third-order valence-corrected chi connectivity index (χ3v) is 6.74. The monoisotopic (exact) mass is 439 g/mol. The highest BCUT2D eigenvalue weighted by Crippen LogP contribution is 2.32. The van der Waals surface area contributed by atoms with Crippen molar-refractivity contribution in [3.05, 3.63) is 83.9 Å². The predicted molar refractivity (Wildman–Crippen MR) is 122 cm³/mol. The zero-order valence-electron chi connectivity index (χ0n) is 16.6. The molecule has 0 heterocycles. The molecule has 0 unspecified atom stereocenters. The third kappa shape index (κ3) is 4.17. The first-order chi connectivity index (χ1) is 14.1. The summed E-state index contributed by atoms with van der Waals surface area (Å²) in [4.78, 5) is 0.244. The molecule has 0 fully saturated rings. The van der Waals surface area contributed by atoms with Crippen LogP contribution in [0.3, 0.4) is 0 Å². The van der Waals surface area contributed by atoms with Gasteiger partial charge in [-0.25, -0.2) is 16.8 Å². The second-order valence-corrected chi connectivity index (χ2v) is 11.2. The third-order valence-electron chi connectivity index (χ3n) is 5.05. The number of hydrogen-bond acceptors (Lipinski definition) is 4. The predicted octanol–water partition coefficient (Wildman–Crippen LogP) is 4.36. The van der Waals surface area contributed by atoms with Crippen molar-refractivity contribution in [2.75, 3.05) is 17.2 Å². The first-order valence-electron chi connectivity index (χ1n) is 9.32. The Hall–Kier alpha value is -2.90. The van der Waals surface area contributed by atoms with Crippen molar-refractivity contribution < 1.29 is 16.8 Å². The maximum atomic E-state index is 12.3. The van der Waals surface area contributed by atoms with Crippen LogP contribution < -0.4 is 4.72 Å². The van der Waals surface area contributed by atoms with Gasteiger partial charge in [0.2, 0.25) is 10.0 Å². The van der Waals surface area contributed by atoms with Crippen LogP contribution in [0.1, 0.15) is 11.1 Å². The lowest BCUT2D eigenvalue weighted by Gasteiger charge is -2.16. The van der Waals surface area contributed by atoms with Crippen LogP contribution in [-0.2, 0) is 26.3 Å². The Bertz CT molecular complexity index is 1490. The van der Waals surface area contributed by atoms with Gasteiger partial charge in [-0.3, -0.25) is 4.72 Å². The average molecular weight is 440 g/mol. The van der Waals surface area contributed by atoms with Gasteiger partial charge in [0.1, 0.15) is 0 Å². The quantitative estimate of drug-likeness (QED) is 0.501. The smallest absolute Gasteiger partial charge is 0.229 e. The van der Waals surface area contributed by atoms with Gasteiger partial charge in [0.05, 0.1) is 16.8 Å². The molecule has 154 valence electrons. The molecule has 0 aromatic heterocycles. The van der Waals surface area contributed by atoms with Crippen molar-refractivity contribution >= 4 is 47.1 Å². The van der Waals surface area contributed by atoms with E-state index in [1.165, 1.54) is 6.26 Å². The van der Waals surface area contributed by atoms with Crippen LogP contribution >= 0.6 is 0 Å². The van der Waals surface area contributed by atoms with Gasteiger partial charge in [0, 0.05) is 12.7 Å². The zero-order chi connectivity index (χ0) is 21.5. The molecule has 0 bridgehead atoms. The van der Waals surface area contributed by atoms with E-state index in [1.54, 1.807) is 18.2 Å². The molecule has 0 saturated carbocycles. The van der Waals surface area contributed by atoms with Crippen LogP contribution in [0, 0.1) is 0 Å². The van der Waals surface area contributed by atoms with Gasteiger partial charge in [0.25, 0.3) is 0 Å². The molecule has 0 amide bonds. The largest absolute Gasteiger partial charge is 0.283 e. The van der Waals surface area contributed by atoms with Crippen molar-refractivity contribution in [3.63, 3.8) is 0 Å². The van der Waals surface area contributed by atoms with Crippen LogP contribution in [0.25, 0.3) is 21.5 Å². The molecular weight excluding hydrogens is 418 g/mol. The number of nitrogens with one attached hydrogen (secondary N) is 1. The summed E-state index contributed by atoms with van der Waals surface area (Å²) in [6.45, 7) is 0. The fourth-order valence-electron chi connectivity index (χ4n) is 3.73. The fraction of sp³-hybridized carbons (Fsp3) is 0.130. The summed E-state index contributed by atoms with van der Waals surface area (Å²) in [5.41, 5.74) is 2.11. The summed E-state index contributed by atoms with van der Waals surface area (Å²) in [7, 11) is -6.88. The number of sulfone groups is 1. The highest BCUT2D eigenvalue weighted by atomic mass is 32.2. The lowest BCUT2D eigenvalue weighted by molar-refractivity contribution is 0.601. The fourth-order valence-corrected chi connectivity index (χ4v) is 5.02. The number of sulfonamides is 1. The molecule has 4 aromatic carbocycles. The van der Waals surface area contributed by atoms with E-state index in [9.17, 15) is 16.8 Å². The first-order valence-corrected chi connectivity index (χ1v) is 13.1. The van der Waals surface area contributed by atoms with E-state index in [-0.39, 0.29) is 4.90 Å². The molecule has 0 aliphatic heterocycles. The molecule has 4 aromatic rings. The van der Waals surface area contributed by atoms with E-state index in [0.29, 0.717) is 12.1 Å². The van der Waals surface area contributed by atoms with E-state index in [0.717, 1.165) is 38.9 Å². The molecule has 0 saturated heterocycles. The zero-order valence-corrected chi connectivity index (χ0v) is 18.2. The Morgan fingerprint density at radius 2 is 1.37 bits per heavy atom. The standard InChI is InChI=1S/C23H21NO4S2/c1-29(25,26)19-13-17-8-4-5-9-20(17)18(14-19)15-22-21-10-6-3-7-16(21)11-12-23(22)24-30(2,27)28/h3-14,24H,15H2,1-2H3. The summed E-state index contributed by atoms with van der Waals surface area (Å²) < 4.78 is 51.0. The minimum Gasteiger partial charge on any atom is -0.283 e. The number of benzene rings is 4. The second kappa shape index (κ2) is 7.41. The van der Waals surface area contributed by atoms with Crippen molar-refractivity contribution in [3.8, 4) is 0 Å².